The van der Waals surface area contributed by atoms with Gasteiger partial charge in [-0.05, 0) is 29.2 Å². The Kier molecular flexibility index (Phi) is 3.88. The molecular formula is C26H15N3O. The predicted octanol–water partition coefficient (Wildman–Crippen LogP) is 4.45. The quantitative estimate of drug-likeness (QED) is 0.359. The van der Waals surface area contributed by atoms with E-state index in [0.29, 0.717) is 22.3 Å². The van der Waals surface area contributed by atoms with E-state index < -0.39 is 0 Å². The summed E-state index contributed by atoms with van der Waals surface area (Å²) in [6.45, 7) is 0. The smallest absolute Gasteiger partial charge is 0.194 e. The van der Waals surface area contributed by atoms with Gasteiger partial charge in [0.2, 0.25) is 0 Å². The summed E-state index contributed by atoms with van der Waals surface area (Å²) >= 11 is 0. The van der Waals surface area contributed by atoms with Crippen LogP contribution in [0.25, 0.3) is 33.3 Å². The van der Waals surface area contributed by atoms with Crippen LogP contribution in [0.15, 0.2) is 77.9 Å². The number of benzene rings is 3. The van der Waals surface area contributed by atoms with Crippen molar-refractivity contribution in [1.82, 2.24) is 4.57 Å². The molecule has 140 valence electrons. The standard InChI is InChI=1S/C26H15N3O/c1-29-22(20-10-4-6-16-7-5-11-23(29)25(16)20)13-12-21-24(17(14-27)15-28)18-8-2-3-9-19(18)26(21)30/h2-13H,1H3/b21-12-,22-13+. The highest BCUT2D eigenvalue weighted by Gasteiger charge is 2.31. The van der Waals surface area contributed by atoms with Crippen LogP contribution < -0.4 is 5.35 Å². The summed E-state index contributed by atoms with van der Waals surface area (Å²) in [6.07, 6.45) is 3.64. The monoisotopic (exact) mass is 385 g/mol. The van der Waals surface area contributed by atoms with Crippen molar-refractivity contribution in [3.05, 3.63) is 94.4 Å². The van der Waals surface area contributed by atoms with Gasteiger partial charge in [-0.2, -0.15) is 10.5 Å². The second kappa shape index (κ2) is 6.58. The summed E-state index contributed by atoms with van der Waals surface area (Å²) in [4.78, 5) is 13.1. The van der Waals surface area contributed by atoms with Gasteiger partial charge in [-0.25, -0.2) is 0 Å². The van der Waals surface area contributed by atoms with Gasteiger partial charge in [0.15, 0.2) is 5.78 Å². The normalized spacial score (nSPS) is 15.0. The average molecular weight is 385 g/mol. The van der Waals surface area contributed by atoms with Crippen LogP contribution in [0.3, 0.4) is 0 Å². The third-order valence-corrected chi connectivity index (χ3v) is 5.72. The van der Waals surface area contributed by atoms with Crippen LogP contribution in [-0.4, -0.2) is 10.4 Å². The van der Waals surface area contributed by atoms with Crippen molar-refractivity contribution >= 4 is 39.1 Å². The van der Waals surface area contributed by atoms with E-state index >= 15 is 0 Å². The lowest BCUT2D eigenvalue weighted by Gasteiger charge is -2.00. The molecule has 0 N–H and O–H groups in total. The average Bonchev–Trinajstić information content (AvgIpc) is 3.22. The molecule has 1 heterocycles. The second-order valence-electron chi connectivity index (χ2n) is 7.22. The minimum absolute atomic E-state index is 0.0527. The zero-order valence-corrected chi connectivity index (χ0v) is 16.2. The van der Waals surface area contributed by atoms with Crippen LogP contribution in [0.5, 0.6) is 0 Å². The van der Waals surface area contributed by atoms with Crippen molar-refractivity contribution in [2.45, 2.75) is 0 Å². The van der Waals surface area contributed by atoms with Gasteiger partial charge in [-0.3, -0.25) is 4.79 Å². The number of hydrogen-bond donors (Lipinski definition) is 0. The van der Waals surface area contributed by atoms with E-state index in [2.05, 4.69) is 28.8 Å². The molecule has 0 saturated carbocycles. The van der Waals surface area contributed by atoms with E-state index in [1.54, 1.807) is 24.3 Å². The number of carbonyl (C=O) groups is 1. The van der Waals surface area contributed by atoms with E-state index in [0.717, 1.165) is 21.6 Å². The number of carbonyl (C=O) groups excluding carboxylic acids is 1. The van der Waals surface area contributed by atoms with E-state index in [1.807, 2.05) is 43.5 Å². The van der Waals surface area contributed by atoms with Crippen molar-refractivity contribution in [2.75, 3.05) is 0 Å². The van der Waals surface area contributed by atoms with E-state index in [9.17, 15) is 15.3 Å². The SMILES string of the molecule is Cn1/c(=C/C=C2\C(=O)c3ccccc3C2=C(C#N)C#N)c2cccc3cccc1c32. The number of hydrogen-bond acceptors (Lipinski definition) is 3. The highest BCUT2D eigenvalue weighted by molar-refractivity contribution is 6.28. The Hall–Kier alpha value is -4.41. The maximum Gasteiger partial charge on any atom is 0.194 e. The van der Waals surface area contributed by atoms with E-state index in [4.69, 9.17) is 0 Å². The molecule has 3 aromatic carbocycles. The molecule has 0 atom stereocenters. The minimum Gasteiger partial charge on any atom is -0.344 e. The molecule has 0 fully saturated rings. The molecule has 4 aromatic rings. The Bertz CT molecular complexity index is 1560. The summed E-state index contributed by atoms with van der Waals surface area (Å²) in [7, 11) is 2.00. The second-order valence-corrected chi connectivity index (χ2v) is 7.22. The van der Waals surface area contributed by atoms with Gasteiger partial charge in [0.05, 0.1) is 0 Å². The minimum atomic E-state index is -0.170. The Morgan fingerprint density at radius 1 is 0.900 bits per heavy atom. The number of rotatable bonds is 1. The zero-order valence-electron chi connectivity index (χ0n) is 16.2. The van der Waals surface area contributed by atoms with E-state index in [1.165, 1.54) is 5.39 Å². The number of nitriles is 2. The highest BCUT2D eigenvalue weighted by atomic mass is 16.1. The molecule has 0 radical (unpaired) electrons. The van der Waals surface area contributed by atoms with Gasteiger partial charge in [-0.1, -0.05) is 54.6 Å². The number of aryl methyl sites for hydroxylation is 1. The van der Waals surface area contributed by atoms with Crippen molar-refractivity contribution in [3.8, 4) is 12.1 Å². The Balaban J connectivity index is 1.82. The van der Waals surface area contributed by atoms with Crippen LogP contribution in [0.2, 0.25) is 0 Å². The molecule has 30 heavy (non-hydrogen) atoms. The summed E-state index contributed by atoms with van der Waals surface area (Å²) in [5.41, 5.74) is 3.00. The fourth-order valence-corrected chi connectivity index (χ4v) is 4.36. The van der Waals surface area contributed by atoms with Crippen molar-refractivity contribution in [3.63, 3.8) is 0 Å². The third kappa shape index (κ3) is 2.35. The van der Waals surface area contributed by atoms with Crippen LogP contribution in [-0.2, 0) is 7.05 Å². The molecule has 0 aliphatic heterocycles. The van der Waals surface area contributed by atoms with Gasteiger partial charge in [0.1, 0.15) is 17.7 Å². The molecule has 4 heteroatoms. The van der Waals surface area contributed by atoms with E-state index in [-0.39, 0.29) is 11.4 Å². The van der Waals surface area contributed by atoms with Gasteiger partial charge >= 0.3 is 0 Å². The molecule has 0 saturated heterocycles. The molecule has 5 rings (SSSR count). The maximum atomic E-state index is 13.1. The predicted molar refractivity (Wildman–Crippen MR) is 117 cm³/mol. The fourth-order valence-electron chi connectivity index (χ4n) is 4.36. The molecule has 4 nitrogen and oxygen atoms in total. The first-order valence-electron chi connectivity index (χ1n) is 9.52. The molecule has 0 amide bonds. The van der Waals surface area contributed by atoms with Crippen molar-refractivity contribution in [2.24, 2.45) is 7.05 Å². The molecule has 0 bridgehead atoms. The van der Waals surface area contributed by atoms with Crippen LogP contribution in [0.1, 0.15) is 15.9 Å². The fraction of sp³-hybridized carbons (Fsp3) is 0.0385. The largest absolute Gasteiger partial charge is 0.344 e. The Labute approximate surface area is 172 Å². The summed E-state index contributed by atoms with van der Waals surface area (Å²) in [5, 5.41) is 23.3. The van der Waals surface area contributed by atoms with Crippen molar-refractivity contribution < 1.29 is 4.79 Å². The maximum absolute atomic E-state index is 13.1. The van der Waals surface area contributed by atoms with Gasteiger partial charge in [-0.15, -0.1) is 0 Å². The Morgan fingerprint density at radius 3 is 2.33 bits per heavy atom. The highest BCUT2D eigenvalue weighted by Crippen LogP contribution is 2.38. The lowest BCUT2D eigenvalue weighted by molar-refractivity contribution is 0.104. The number of allylic oxidation sites excluding steroid dienone is 4. The van der Waals surface area contributed by atoms with Gasteiger partial charge in [0.25, 0.3) is 0 Å². The molecule has 0 spiro atoms. The number of fused-ring (bicyclic) bond motifs is 1. The van der Waals surface area contributed by atoms with Gasteiger partial charge in [0, 0.05) is 45.4 Å². The first-order valence-corrected chi connectivity index (χ1v) is 9.52. The Morgan fingerprint density at radius 2 is 1.60 bits per heavy atom. The lowest BCUT2D eigenvalue weighted by atomic mass is 9.99. The summed E-state index contributed by atoms with van der Waals surface area (Å²) in [5.74, 6) is -0.170. The van der Waals surface area contributed by atoms with Crippen LogP contribution in [0.4, 0.5) is 0 Å². The number of Topliss-reactive ketones (excluding diaryl/α,β-unsaturated/α-hetero) is 1. The van der Waals surface area contributed by atoms with Crippen molar-refractivity contribution in [1.29, 1.82) is 10.5 Å². The third-order valence-electron chi connectivity index (χ3n) is 5.72. The van der Waals surface area contributed by atoms with Crippen LogP contribution >= 0.6 is 0 Å². The van der Waals surface area contributed by atoms with Crippen LogP contribution in [0, 0.1) is 22.7 Å². The molecule has 1 aliphatic carbocycles. The molecule has 1 aromatic heterocycles. The molecular weight excluding hydrogens is 370 g/mol. The first-order chi connectivity index (χ1) is 14.7. The summed E-state index contributed by atoms with van der Waals surface area (Å²) < 4.78 is 2.10. The zero-order chi connectivity index (χ0) is 20.8. The molecule has 1 aliphatic rings. The van der Waals surface area contributed by atoms with Gasteiger partial charge < -0.3 is 4.57 Å². The topological polar surface area (TPSA) is 69.6 Å². The first kappa shape index (κ1) is 17.7. The number of nitrogens with zero attached hydrogens (tertiary/aromatic N) is 3. The lowest BCUT2D eigenvalue weighted by Crippen LogP contribution is -2.12. The molecule has 0 unspecified atom stereocenters. The number of aromatic nitrogens is 1. The summed E-state index contributed by atoms with van der Waals surface area (Å²) in [6, 6.07) is 23.4. The number of ketones is 1.